The molecule has 1 heterocycles. The van der Waals surface area contributed by atoms with Crippen LogP contribution < -0.4 is 0 Å². The Morgan fingerprint density at radius 2 is 1.73 bits per heavy atom. The smallest absolute Gasteiger partial charge is 0.296 e. The molecule has 2 bridgehead atoms. The Labute approximate surface area is 138 Å². The van der Waals surface area contributed by atoms with Crippen molar-refractivity contribution in [1.29, 1.82) is 0 Å². The lowest BCUT2D eigenvalue weighted by molar-refractivity contribution is -0.103. The minimum Gasteiger partial charge on any atom is -0.433 e. The second kappa shape index (κ2) is 5.83. The van der Waals surface area contributed by atoms with E-state index in [0.717, 1.165) is 29.5 Å². The molecule has 1 saturated heterocycles. The van der Waals surface area contributed by atoms with E-state index < -0.39 is 0 Å². The first-order valence-electron chi connectivity index (χ1n) is 10.2. The van der Waals surface area contributed by atoms with Gasteiger partial charge in [-0.15, -0.1) is 0 Å². The lowest BCUT2D eigenvalue weighted by Gasteiger charge is -2.63. The van der Waals surface area contributed by atoms with Crippen LogP contribution in [0, 0.1) is 29.1 Å². The van der Waals surface area contributed by atoms with Gasteiger partial charge in [0.1, 0.15) is 0 Å². The molecule has 22 heavy (non-hydrogen) atoms. The predicted octanol–water partition coefficient (Wildman–Crippen LogP) is 5.81. The van der Waals surface area contributed by atoms with Crippen molar-refractivity contribution in [1.82, 2.24) is 0 Å². The highest BCUT2D eigenvalue weighted by molar-refractivity contribution is 6.54. The first kappa shape index (κ1) is 15.5. The monoisotopic (exact) mass is 302 g/mol. The Bertz CT molecular complexity index is 401. The highest BCUT2D eigenvalue weighted by atomic mass is 16.4. The maximum atomic E-state index is 6.77. The molecule has 0 spiro atoms. The summed E-state index contributed by atoms with van der Waals surface area (Å²) in [7, 11) is 0. The normalized spacial score (nSPS) is 45.4. The Morgan fingerprint density at radius 3 is 2.41 bits per heavy atom. The molecule has 124 valence electrons. The van der Waals surface area contributed by atoms with Crippen molar-refractivity contribution in [3.05, 3.63) is 0 Å². The van der Waals surface area contributed by atoms with Crippen molar-refractivity contribution < 1.29 is 4.65 Å². The minimum absolute atomic E-state index is 0.595. The summed E-state index contributed by atoms with van der Waals surface area (Å²) in [6, 6.07) is 0. The molecule has 0 N–H and O–H groups in total. The average Bonchev–Trinajstić information content (AvgIpc) is 2.55. The first-order valence-corrected chi connectivity index (χ1v) is 10.2. The lowest BCUT2D eigenvalue weighted by atomic mass is 9.34. The number of hydrogen-bond donors (Lipinski definition) is 0. The Hall–Kier alpha value is 0.0249. The van der Waals surface area contributed by atoms with E-state index in [0.29, 0.717) is 18.4 Å². The van der Waals surface area contributed by atoms with Gasteiger partial charge >= 0.3 is 0 Å². The van der Waals surface area contributed by atoms with Gasteiger partial charge in [-0.2, -0.15) is 0 Å². The molecule has 5 rings (SSSR count). The van der Waals surface area contributed by atoms with Gasteiger partial charge in [0, 0.05) is 6.10 Å². The van der Waals surface area contributed by atoms with Gasteiger partial charge in [-0.25, -0.2) is 0 Å². The molecule has 4 aliphatic carbocycles. The second-order valence-corrected chi connectivity index (χ2v) is 9.66. The molecule has 2 heteroatoms. The molecule has 5 aliphatic rings. The van der Waals surface area contributed by atoms with E-state index in [1.54, 1.807) is 0 Å². The topological polar surface area (TPSA) is 9.23 Å². The highest BCUT2D eigenvalue weighted by Gasteiger charge is 2.58. The third kappa shape index (κ3) is 2.48. The first-order chi connectivity index (χ1) is 10.6. The van der Waals surface area contributed by atoms with Gasteiger partial charge < -0.3 is 4.65 Å². The van der Waals surface area contributed by atoms with E-state index in [9.17, 15) is 0 Å². The van der Waals surface area contributed by atoms with Crippen molar-refractivity contribution in [3.8, 4) is 0 Å². The van der Waals surface area contributed by atoms with E-state index in [1.165, 1.54) is 64.1 Å². The molecule has 5 atom stereocenters. The summed E-state index contributed by atoms with van der Waals surface area (Å²) in [6.07, 6.45) is 14.9. The second-order valence-electron chi connectivity index (χ2n) is 9.66. The zero-order chi connectivity index (χ0) is 15.3. The number of rotatable bonds is 2. The standard InChI is InChI=1S/C20H35BO/c1-14-17-12-16(20(17,2)3)13-18(14)21-11-7-10-19(22-21)15-8-5-4-6-9-15/h14-19H,4-13H2,1-3H3/t14-,16+,17-,18-,19+/m1/s1. The fourth-order valence-electron chi connectivity index (χ4n) is 6.73. The van der Waals surface area contributed by atoms with Crippen LogP contribution in [-0.2, 0) is 4.65 Å². The molecule has 5 fully saturated rings. The molecular weight excluding hydrogens is 267 g/mol. The molecule has 0 unspecified atom stereocenters. The maximum absolute atomic E-state index is 6.77. The fourth-order valence-corrected chi connectivity index (χ4v) is 6.73. The van der Waals surface area contributed by atoms with Crippen LogP contribution in [0.15, 0.2) is 0 Å². The molecular formula is C20H35BO. The SMILES string of the molecule is C[C@@H]1[C@H]2C[C@@H](C[C@H]1B1CCC[C@@H](C3CCCCC3)O1)C2(C)C. The Morgan fingerprint density at radius 1 is 0.955 bits per heavy atom. The van der Waals surface area contributed by atoms with Crippen LogP contribution in [0.1, 0.15) is 78.6 Å². The van der Waals surface area contributed by atoms with Crippen molar-refractivity contribution in [2.45, 2.75) is 96.8 Å². The summed E-state index contributed by atoms with van der Waals surface area (Å²) < 4.78 is 6.77. The van der Waals surface area contributed by atoms with Crippen molar-refractivity contribution in [2.75, 3.05) is 0 Å². The largest absolute Gasteiger partial charge is 0.433 e. The van der Waals surface area contributed by atoms with Crippen molar-refractivity contribution in [2.24, 2.45) is 29.1 Å². The fraction of sp³-hybridized carbons (Fsp3) is 1.00. The number of fused-ring (bicyclic) bond motifs is 2. The summed E-state index contributed by atoms with van der Waals surface area (Å²) in [6.45, 7) is 8.17. The van der Waals surface area contributed by atoms with E-state index in [-0.39, 0.29) is 0 Å². The summed E-state index contributed by atoms with van der Waals surface area (Å²) >= 11 is 0. The molecule has 0 aromatic carbocycles. The van der Waals surface area contributed by atoms with E-state index in [4.69, 9.17) is 4.65 Å². The van der Waals surface area contributed by atoms with Gasteiger partial charge in [0.25, 0.3) is 6.92 Å². The van der Waals surface area contributed by atoms with E-state index in [2.05, 4.69) is 20.8 Å². The number of hydrogen-bond acceptors (Lipinski definition) is 1. The average molecular weight is 302 g/mol. The van der Waals surface area contributed by atoms with Gasteiger partial charge in [0.2, 0.25) is 0 Å². The molecule has 1 nitrogen and oxygen atoms in total. The van der Waals surface area contributed by atoms with Crippen LogP contribution in [0.3, 0.4) is 0 Å². The zero-order valence-electron chi connectivity index (χ0n) is 15.0. The maximum Gasteiger partial charge on any atom is 0.296 e. The molecule has 4 saturated carbocycles. The van der Waals surface area contributed by atoms with E-state index >= 15 is 0 Å². The molecule has 0 amide bonds. The molecule has 1 aliphatic heterocycles. The van der Waals surface area contributed by atoms with E-state index in [1.807, 2.05) is 0 Å². The molecule has 0 radical (unpaired) electrons. The lowest BCUT2D eigenvalue weighted by Crippen LogP contribution is -2.56. The van der Waals surface area contributed by atoms with Crippen LogP contribution in [0.4, 0.5) is 0 Å². The van der Waals surface area contributed by atoms with Gasteiger partial charge in [0.05, 0.1) is 0 Å². The highest BCUT2D eigenvalue weighted by Crippen LogP contribution is 2.65. The summed E-state index contributed by atoms with van der Waals surface area (Å²) in [5.41, 5.74) is 0.618. The third-order valence-corrected chi connectivity index (χ3v) is 8.39. The molecule has 0 aromatic heterocycles. The third-order valence-electron chi connectivity index (χ3n) is 8.39. The summed E-state index contributed by atoms with van der Waals surface area (Å²) in [5, 5.41) is 0. The molecule has 0 aromatic rings. The zero-order valence-corrected chi connectivity index (χ0v) is 15.0. The quantitative estimate of drug-likeness (QED) is 0.585. The summed E-state index contributed by atoms with van der Waals surface area (Å²) in [4.78, 5) is 0. The van der Waals surface area contributed by atoms with Crippen LogP contribution >= 0.6 is 0 Å². The van der Waals surface area contributed by atoms with Gasteiger partial charge in [-0.05, 0) is 66.9 Å². The van der Waals surface area contributed by atoms with Crippen molar-refractivity contribution >= 4 is 6.92 Å². The van der Waals surface area contributed by atoms with Gasteiger partial charge in [-0.1, -0.05) is 52.9 Å². The van der Waals surface area contributed by atoms with Gasteiger partial charge in [0.15, 0.2) is 0 Å². The van der Waals surface area contributed by atoms with Crippen LogP contribution in [0.2, 0.25) is 12.1 Å². The predicted molar refractivity (Wildman–Crippen MR) is 94.2 cm³/mol. The van der Waals surface area contributed by atoms with Crippen LogP contribution in [0.25, 0.3) is 0 Å². The minimum atomic E-state index is 0.595. The Balaban J connectivity index is 1.40. The van der Waals surface area contributed by atoms with Crippen LogP contribution in [0.5, 0.6) is 0 Å². The Kier molecular flexibility index (Phi) is 4.12. The summed E-state index contributed by atoms with van der Waals surface area (Å²) in [5.74, 6) is 4.59. The van der Waals surface area contributed by atoms with Crippen LogP contribution in [-0.4, -0.2) is 13.0 Å². The van der Waals surface area contributed by atoms with Crippen molar-refractivity contribution in [3.63, 3.8) is 0 Å². The van der Waals surface area contributed by atoms with Gasteiger partial charge in [-0.3, -0.25) is 0 Å².